The molecular weight excluding hydrogens is 582 g/mol. The van der Waals surface area contributed by atoms with E-state index >= 15 is 0 Å². The first kappa shape index (κ1) is 27.7. The van der Waals surface area contributed by atoms with Crippen LogP contribution >= 0.6 is 34.8 Å². The second kappa shape index (κ2) is 10.1. The number of anilines is 1. The van der Waals surface area contributed by atoms with E-state index in [9.17, 15) is 35.2 Å². The van der Waals surface area contributed by atoms with E-state index < -0.39 is 34.2 Å². The van der Waals surface area contributed by atoms with Crippen LogP contribution in [0.4, 0.5) is 27.8 Å². The van der Waals surface area contributed by atoms with Crippen molar-refractivity contribution in [3.63, 3.8) is 0 Å². The summed E-state index contributed by atoms with van der Waals surface area (Å²) in [7, 11) is -4.18. The Kier molecular flexibility index (Phi) is 7.53. The van der Waals surface area contributed by atoms with Crippen LogP contribution in [0.2, 0.25) is 0 Å². The first-order valence-corrected chi connectivity index (χ1v) is 14.6. The standard InChI is InChI=1S/C20H18F5N5O3S4/c1-10-11(2)35-17(34-8-4-3-7-19(21,22)20(23,24)25)15-16(26-18(31)30(10)15)29-37(32,33)12-5-6-13-14(9-12)28-36-27-13/h5-6,9H,3-4,7-8H2,1-2H3,(H,26,29,31). The van der Waals surface area contributed by atoms with Crippen LogP contribution in [0.5, 0.6) is 0 Å². The lowest BCUT2D eigenvalue weighted by Gasteiger charge is -2.19. The molecule has 1 aromatic carbocycles. The van der Waals surface area contributed by atoms with Gasteiger partial charge in [-0.05, 0) is 50.6 Å². The monoisotopic (exact) mass is 599 g/mol. The van der Waals surface area contributed by atoms with Gasteiger partial charge >= 0.3 is 17.8 Å². The summed E-state index contributed by atoms with van der Waals surface area (Å²) in [4.78, 5) is 17.2. The molecular formula is C20H18F5N5O3S4. The molecule has 0 saturated heterocycles. The summed E-state index contributed by atoms with van der Waals surface area (Å²) in [6, 6.07) is 4.17. The normalized spacial score (nSPS) is 13.1. The van der Waals surface area contributed by atoms with Crippen molar-refractivity contribution in [2.24, 2.45) is 0 Å². The summed E-state index contributed by atoms with van der Waals surface area (Å²) >= 11 is 3.29. The van der Waals surface area contributed by atoms with E-state index in [2.05, 4.69) is 18.5 Å². The minimum absolute atomic E-state index is 0.0449. The van der Waals surface area contributed by atoms with Crippen molar-refractivity contribution >= 4 is 61.7 Å². The van der Waals surface area contributed by atoms with Crippen molar-refractivity contribution in [2.75, 3.05) is 10.5 Å². The number of aromatic nitrogens is 4. The SMILES string of the molecule is Cc1sc(SCCCCC(F)(F)C(F)(F)F)c2c(NS(=O)(=O)c3ccc4nsnc4c3)nc(=O)n-2c1C. The van der Waals surface area contributed by atoms with Crippen molar-refractivity contribution in [1.82, 2.24) is 18.3 Å². The minimum Gasteiger partial charge on any atom is -0.261 e. The van der Waals surface area contributed by atoms with Crippen LogP contribution in [-0.4, -0.2) is 44.6 Å². The topological polar surface area (TPSA) is 107 Å². The van der Waals surface area contributed by atoms with Gasteiger partial charge in [-0.25, -0.2) is 13.2 Å². The molecule has 2 aromatic rings. The van der Waals surface area contributed by atoms with Crippen LogP contribution in [0, 0.1) is 13.8 Å². The lowest BCUT2D eigenvalue weighted by Crippen LogP contribution is -2.36. The van der Waals surface area contributed by atoms with E-state index in [1.165, 1.54) is 34.1 Å². The van der Waals surface area contributed by atoms with E-state index in [4.69, 9.17) is 0 Å². The average molecular weight is 600 g/mol. The van der Waals surface area contributed by atoms with Gasteiger partial charge < -0.3 is 0 Å². The third-order valence-corrected chi connectivity index (χ3v) is 9.86. The summed E-state index contributed by atoms with van der Waals surface area (Å²) in [5.74, 6) is -4.81. The van der Waals surface area contributed by atoms with Gasteiger partial charge in [-0.15, -0.1) is 23.1 Å². The number of unbranched alkanes of at least 4 members (excludes halogenated alkanes) is 1. The first-order valence-electron chi connectivity index (χ1n) is 10.6. The number of aryl methyl sites for hydroxylation is 1. The molecule has 2 aliphatic rings. The molecule has 2 aliphatic heterocycles. The summed E-state index contributed by atoms with van der Waals surface area (Å²) in [5.41, 5.74) is 0.911. The lowest BCUT2D eigenvalue weighted by molar-refractivity contribution is -0.284. The van der Waals surface area contributed by atoms with Crippen molar-refractivity contribution in [3.05, 3.63) is 39.3 Å². The molecule has 0 amide bonds. The maximum Gasteiger partial charge on any atom is 0.453 e. The highest BCUT2D eigenvalue weighted by Gasteiger charge is 2.56. The molecule has 0 fully saturated rings. The number of nitrogens with one attached hydrogen (secondary N) is 1. The molecule has 17 heteroatoms. The van der Waals surface area contributed by atoms with Gasteiger partial charge in [0.2, 0.25) is 0 Å². The summed E-state index contributed by atoms with van der Waals surface area (Å²) in [6.07, 6.45) is -7.25. The van der Waals surface area contributed by atoms with Gasteiger partial charge in [0.05, 0.1) is 20.8 Å². The molecule has 4 rings (SSSR count). The molecule has 3 heterocycles. The van der Waals surface area contributed by atoms with Crippen molar-refractivity contribution in [3.8, 4) is 5.69 Å². The summed E-state index contributed by atoms with van der Waals surface area (Å²) in [5, 5.41) is 0. The molecule has 1 N–H and O–H groups in total. The fourth-order valence-corrected chi connectivity index (χ4v) is 7.42. The third kappa shape index (κ3) is 5.58. The molecule has 200 valence electrons. The van der Waals surface area contributed by atoms with Crippen molar-refractivity contribution in [1.29, 1.82) is 0 Å². The molecule has 8 nitrogen and oxygen atoms in total. The Morgan fingerprint density at radius 1 is 1.08 bits per heavy atom. The third-order valence-electron chi connectivity index (χ3n) is 5.43. The number of alkyl halides is 5. The van der Waals surface area contributed by atoms with E-state index in [1.807, 2.05) is 0 Å². The maximum atomic E-state index is 13.2. The molecule has 37 heavy (non-hydrogen) atoms. The molecule has 0 atom stereocenters. The molecule has 1 aromatic heterocycles. The number of rotatable bonds is 9. The van der Waals surface area contributed by atoms with Gasteiger partial charge in [0, 0.05) is 17.0 Å². The number of benzene rings is 1. The largest absolute Gasteiger partial charge is 0.453 e. The molecule has 0 bridgehead atoms. The van der Waals surface area contributed by atoms with Gasteiger partial charge in [0.15, 0.2) is 5.82 Å². The number of fused-ring (bicyclic) bond motifs is 2. The van der Waals surface area contributed by atoms with Gasteiger partial charge in [0.25, 0.3) is 10.0 Å². The number of nitrogens with zero attached hydrogens (tertiary/aromatic N) is 4. The Morgan fingerprint density at radius 2 is 1.78 bits per heavy atom. The number of halogens is 5. The van der Waals surface area contributed by atoms with Crippen molar-refractivity contribution < 1.29 is 30.4 Å². The number of sulfonamides is 1. The maximum absolute atomic E-state index is 13.2. The Hall–Kier alpha value is -2.37. The molecule has 0 saturated carbocycles. The highest BCUT2D eigenvalue weighted by Crippen LogP contribution is 2.41. The average Bonchev–Trinajstić information content (AvgIpc) is 3.39. The number of thioether (sulfide) groups is 1. The molecule has 0 radical (unpaired) electrons. The second-order valence-electron chi connectivity index (χ2n) is 7.99. The number of hydrogen-bond donors (Lipinski definition) is 1. The number of imidazole rings is 1. The van der Waals surface area contributed by atoms with Crippen LogP contribution in [0.15, 0.2) is 32.1 Å². The smallest absolute Gasteiger partial charge is 0.261 e. The van der Waals surface area contributed by atoms with E-state index in [-0.39, 0.29) is 35.0 Å². The fourth-order valence-electron chi connectivity index (χ4n) is 3.36. The fraction of sp³-hybridized carbons (Fsp3) is 0.400. The summed E-state index contributed by atoms with van der Waals surface area (Å²) in [6.45, 7) is 3.41. The highest BCUT2D eigenvalue weighted by atomic mass is 32.2. The Morgan fingerprint density at radius 3 is 2.49 bits per heavy atom. The van der Waals surface area contributed by atoms with Crippen molar-refractivity contribution in [2.45, 2.75) is 54.3 Å². The highest BCUT2D eigenvalue weighted by molar-refractivity contribution is 8.01. The van der Waals surface area contributed by atoms with Crippen LogP contribution in [0.1, 0.15) is 29.8 Å². The summed E-state index contributed by atoms with van der Waals surface area (Å²) < 4.78 is 102. The van der Waals surface area contributed by atoms with Crippen LogP contribution < -0.4 is 10.4 Å². The second-order valence-corrected chi connectivity index (χ2v) is 12.8. The molecule has 0 aliphatic carbocycles. The van der Waals surface area contributed by atoms with Gasteiger partial charge in [-0.1, -0.05) is 0 Å². The first-order chi connectivity index (χ1) is 17.2. The van der Waals surface area contributed by atoms with Gasteiger partial charge in [-0.3, -0.25) is 9.29 Å². The lowest BCUT2D eigenvalue weighted by atomic mass is 10.1. The Balaban J connectivity index is 1.59. The zero-order chi connectivity index (χ0) is 27.2. The zero-order valence-electron chi connectivity index (χ0n) is 19.1. The number of hydrogen-bond acceptors (Lipinski definition) is 9. The molecule has 0 spiro atoms. The molecule has 0 unspecified atom stereocenters. The predicted octanol–water partition coefficient (Wildman–Crippen LogP) is 5.61. The van der Waals surface area contributed by atoms with Gasteiger partial charge in [0.1, 0.15) is 16.7 Å². The van der Waals surface area contributed by atoms with Crippen LogP contribution in [0.25, 0.3) is 16.7 Å². The minimum atomic E-state index is -5.60. The zero-order valence-corrected chi connectivity index (χ0v) is 22.4. The van der Waals surface area contributed by atoms with E-state index in [0.717, 1.165) is 28.4 Å². The Labute approximate surface area is 219 Å². The van der Waals surface area contributed by atoms with Crippen LogP contribution in [0.3, 0.4) is 0 Å². The van der Waals surface area contributed by atoms with E-state index in [1.54, 1.807) is 13.8 Å². The van der Waals surface area contributed by atoms with E-state index in [0.29, 0.717) is 20.9 Å². The Bertz CT molecular complexity index is 1580. The predicted molar refractivity (Wildman–Crippen MR) is 132 cm³/mol. The quantitative estimate of drug-likeness (QED) is 0.151. The van der Waals surface area contributed by atoms with Crippen LogP contribution in [-0.2, 0) is 10.0 Å². The van der Waals surface area contributed by atoms with Gasteiger partial charge in [-0.2, -0.15) is 35.7 Å².